The lowest BCUT2D eigenvalue weighted by Gasteiger charge is -2.20. The Morgan fingerprint density at radius 1 is 0.972 bits per heavy atom. The van der Waals surface area contributed by atoms with Crippen molar-refractivity contribution in [2.24, 2.45) is 0 Å². The molecule has 0 aliphatic heterocycles. The average molecular weight is 480 g/mol. The molecule has 0 atom stereocenters. The van der Waals surface area contributed by atoms with Gasteiger partial charge in [0.1, 0.15) is 5.65 Å². The number of rotatable bonds is 9. The lowest BCUT2D eigenvalue weighted by atomic mass is 10.0. The lowest BCUT2D eigenvalue weighted by Crippen LogP contribution is -2.27. The first kappa shape index (κ1) is 25.2. The molecule has 1 aromatic carbocycles. The van der Waals surface area contributed by atoms with Gasteiger partial charge in [-0.25, -0.2) is 9.50 Å². The van der Waals surface area contributed by atoms with Crippen molar-refractivity contribution in [2.45, 2.75) is 59.4 Å². The molecule has 0 spiro atoms. The molecule has 0 saturated carbocycles. The van der Waals surface area contributed by atoms with Crippen LogP contribution in [-0.2, 0) is 0 Å². The number of pyridine rings is 2. The number of nitrogens with zero attached hydrogens (tertiary/aromatic N) is 3. The van der Waals surface area contributed by atoms with E-state index >= 15 is 0 Å². The summed E-state index contributed by atoms with van der Waals surface area (Å²) in [6.45, 7) is 12.8. The third kappa shape index (κ3) is 5.20. The van der Waals surface area contributed by atoms with Gasteiger partial charge in [-0.1, -0.05) is 77.4 Å². The largest absolute Gasteiger partial charge is 0.382 e. The summed E-state index contributed by atoms with van der Waals surface area (Å²) in [5, 5.41) is 9.34. The van der Waals surface area contributed by atoms with Gasteiger partial charge in [0.2, 0.25) is 0 Å². The van der Waals surface area contributed by atoms with Crippen molar-refractivity contribution in [3.8, 4) is 22.3 Å². The summed E-state index contributed by atoms with van der Waals surface area (Å²) < 4.78 is 1.92. The Morgan fingerprint density at radius 2 is 1.72 bits per heavy atom. The Bertz CT molecular complexity index is 1420. The Kier molecular flexibility index (Phi) is 8.21. The minimum Gasteiger partial charge on any atom is -0.382 e. The zero-order valence-electron chi connectivity index (χ0n) is 21.9. The van der Waals surface area contributed by atoms with Crippen molar-refractivity contribution in [3.05, 3.63) is 85.5 Å². The summed E-state index contributed by atoms with van der Waals surface area (Å²) in [6.07, 6.45) is 12.5. The van der Waals surface area contributed by atoms with Gasteiger partial charge in [0, 0.05) is 52.4 Å². The minimum absolute atomic E-state index is 0.441. The van der Waals surface area contributed by atoms with Gasteiger partial charge >= 0.3 is 0 Å². The smallest absolute Gasteiger partial charge is 0.137 e. The molecule has 4 aromatic heterocycles. The van der Waals surface area contributed by atoms with Crippen LogP contribution in [0.4, 0.5) is 0 Å². The Hall–Kier alpha value is -3.86. The highest BCUT2D eigenvalue weighted by molar-refractivity contribution is 5.96. The molecule has 4 heterocycles. The molecule has 0 unspecified atom stereocenters. The second kappa shape index (κ2) is 11.7. The van der Waals surface area contributed by atoms with E-state index in [1.165, 1.54) is 0 Å². The number of nitrogens with one attached hydrogen (secondary N) is 2. The molecular weight excluding hydrogens is 442 g/mol. The van der Waals surface area contributed by atoms with Crippen LogP contribution in [0.3, 0.4) is 0 Å². The lowest BCUT2D eigenvalue weighted by molar-refractivity contribution is 0.502. The van der Waals surface area contributed by atoms with E-state index < -0.39 is 0 Å². The molecule has 0 aliphatic carbocycles. The topological polar surface area (TPSA) is 58.0 Å². The standard InChI is InChI=1S/C29H31N5.C2H6/c1-4-9-24(10-5-2)33-20(3)26-19-32-34-14-13-22(16-28(26)34)27-18-31-29-25(27)15-23(17-30-29)21-11-7-6-8-12-21;1-2/h6-8,11-19,24,33H,3-5,9-10H2,1-2H3,(H,30,31);1-2H3. The van der Waals surface area contributed by atoms with Gasteiger partial charge < -0.3 is 10.3 Å². The molecule has 0 amide bonds. The fraction of sp³-hybridized carbons (Fsp3) is 0.290. The number of hydrogen-bond donors (Lipinski definition) is 2. The molecular formula is C31H37N5. The third-order valence-corrected chi connectivity index (χ3v) is 6.45. The van der Waals surface area contributed by atoms with Crippen LogP contribution in [-0.4, -0.2) is 25.6 Å². The van der Waals surface area contributed by atoms with E-state index in [2.05, 4.69) is 83.3 Å². The van der Waals surface area contributed by atoms with Gasteiger partial charge in [0.25, 0.3) is 0 Å². The maximum absolute atomic E-state index is 4.67. The molecule has 0 bridgehead atoms. The first-order valence-corrected chi connectivity index (χ1v) is 13.1. The molecule has 0 fully saturated rings. The molecule has 5 nitrogen and oxygen atoms in total. The highest BCUT2D eigenvalue weighted by Gasteiger charge is 2.15. The van der Waals surface area contributed by atoms with Crippen LogP contribution in [0.5, 0.6) is 0 Å². The summed E-state index contributed by atoms with van der Waals surface area (Å²) in [6, 6.07) is 17.3. The van der Waals surface area contributed by atoms with Crippen LogP contribution in [0, 0.1) is 0 Å². The van der Waals surface area contributed by atoms with Crippen LogP contribution >= 0.6 is 0 Å². The summed E-state index contributed by atoms with van der Waals surface area (Å²) in [4.78, 5) is 8.01. The zero-order chi connectivity index (χ0) is 25.5. The minimum atomic E-state index is 0.441. The number of benzene rings is 1. The van der Waals surface area contributed by atoms with Gasteiger partial charge in [-0.2, -0.15) is 5.10 Å². The van der Waals surface area contributed by atoms with Gasteiger partial charge in [0.15, 0.2) is 0 Å². The van der Waals surface area contributed by atoms with E-state index in [4.69, 9.17) is 0 Å². The molecule has 186 valence electrons. The Balaban J connectivity index is 0.00000148. The third-order valence-electron chi connectivity index (χ3n) is 6.45. The van der Waals surface area contributed by atoms with E-state index in [-0.39, 0.29) is 0 Å². The summed E-state index contributed by atoms with van der Waals surface area (Å²) in [7, 11) is 0. The highest BCUT2D eigenvalue weighted by atomic mass is 15.2. The van der Waals surface area contributed by atoms with Crippen LogP contribution in [0.15, 0.2) is 79.9 Å². The monoisotopic (exact) mass is 479 g/mol. The number of aromatic amines is 1. The Labute approximate surface area is 214 Å². The number of hydrogen-bond acceptors (Lipinski definition) is 3. The average Bonchev–Trinajstić information content (AvgIpc) is 3.54. The van der Waals surface area contributed by atoms with Gasteiger partial charge in [-0.3, -0.25) is 0 Å². The van der Waals surface area contributed by atoms with Crippen molar-refractivity contribution in [1.29, 1.82) is 0 Å². The van der Waals surface area contributed by atoms with Gasteiger partial charge in [-0.15, -0.1) is 0 Å². The predicted octanol–water partition coefficient (Wildman–Crippen LogP) is 8.10. The van der Waals surface area contributed by atoms with Crippen LogP contribution < -0.4 is 5.32 Å². The van der Waals surface area contributed by atoms with Crippen LogP contribution in [0.2, 0.25) is 0 Å². The van der Waals surface area contributed by atoms with Crippen LogP contribution in [0.25, 0.3) is 44.5 Å². The summed E-state index contributed by atoms with van der Waals surface area (Å²) in [5.41, 5.74) is 8.43. The van der Waals surface area contributed by atoms with E-state index in [0.717, 1.165) is 75.7 Å². The first-order chi connectivity index (χ1) is 17.7. The van der Waals surface area contributed by atoms with Crippen molar-refractivity contribution >= 4 is 22.2 Å². The molecule has 5 aromatic rings. The molecule has 5 heteroatoms. The van der Waals surface area contributed by atoms with E-state index in [1.54, 1.807) is 0 Å². The molecule has 36 heavy (non-hydrogen) atoms. The number of H-pyrrole nitrogens is 1. The van der Waals surface area contributed by atoms with Crippen molar-refractivity contribution < 1.29 is 0 Å². The van der Waals surface area contributed by atoms with E-state index in [1.807, 2.05) is 49.2 Å². The van der Waals surface area contributed by atoms with E-state index in [0.29, 0.717) is 6.04 Å². The highest BCUT2D eigenvalue weighted by Crippen LogP contribution is 2.32. The Morgan fingerprint density at radius 3 is 2.44 bits per heavy atom. The second-order valence-electron chi connectivity index (χ2n) is 8.89. The fourth-order valence-electron chi connectivity index (χ4n) is 4.72. The van der Waals surface area contributed by atoms with Gasteiger partial charge in [0.05, 0.1) is 11.7 Å². The summed E-state index contributed by atoms with van der Waals surface area (Å²) >= 11 is 0. The number of fused-ring (bicyclic) bond motifs is 2. The van der Waals surface area contributed by atoms with Crippen LogP contribution in [0.1, 0.15) is 58.9 Å². The zero-order valence-corrected chi connectivity index (χ0v) is 21.9. The normalized spacial score (nSPS) is 11.0. The molecule has 0 radical (unpaired) electrons. The quantitative estimate of drug-likeness (QED) is 0.224. The second-order valence-corrected chi connectivity index (χ2v) is 8.89. The molecule has 2 N–H and O–H groups in total. The van der Waals surface area contributed by atoms with Crippen molar-refractivity contribution in [1.82, 2.24) is 24.9 Å². The predicted molar refractivity (Wildman–Crippen MR) is 153 cm³/mol. The van der Waals surface area contributed by atoms with Crippen molar-refractivity contribution in [3.63, 3.8) is 0 Å². The maximum Gasteiger partial charge on any atom is 0.137 e. The van der Waals surface area contributed by atoms with Crippen molar-refractivity contribution in [2.75, 3.05) is 0 Å². The number of aromatic nitrogens is 4. The first-order valence-electron chi connectivity index (χ1n) is 13.1. The van der Waals surface area contributed by atoms with E-state index in [9.17, 15) is 0 Å². The SMILES string of the molecule is C=C(NC(CCC)CCC)c1cnn2ccc(-c3c[nH]c4ncc(-c5ccccc5)cc34)cc12.CC. The summed E-state index contributed by atoms with van der Waals surface area (Å²) in [5.74, 6) is 0. The molecule has 5 rings (SSSR count). The fourth-order valence-corrected chi connectivity index (χ4v) is 4.72. The maximum atomic E-state index is 4.67. The van der Waals surface area contributed by atoms with Gasteiger partial charge in [-0.05, 0) is 42.2 Å². The molecule has 0 saturated heterocycles. The molecule has 0 aliphatic rings.